The maximum absolute atomic E-state index is 13.9. The lowest BCUT2D eigenvalue weighted by atomic mass is 9.83. The molecule has 1 fully saturated rings. The largest absolute Gasteiger partial charge is 0.469 e. The second-order valence-corrected chi connectivity index (χ2v) is 13.9. The molecule has 8 bridgehead atoms. The summed E-state index contributed by atoms with van der Waals surface area (Å²) in [6.45, 7) is 14.8. The first-order valence-electron chi connectivity index (χ1n) is 17.7. The van der Waals surface area contributed by atoms with Crippen molar-refractivity contribution in [3.8, 4) is 0 Å². The molecule has 4 atom stereocenters. The Morgan fingerprint density at radius 1 is 1.04 bits per heavy atom. The number of hydrogen-bond acceptors (Lipinski definition) is 9. The van der Waals surface area contributed by atoms with Gasteiger partial charge in [-0.25, -0.2) is 4.98 Å². The number of carbonyl (C=O) groups is 2. The maximum Gasteiger partial charge on any atom is 0.319 e. The van der Waals surface area contributed by atoms with E-state index in [4.69, 9.17) is 28.9 Å². The molecule has 1 aliphatic carbocycles. The predicted molar refractivity (Wildman–Crippen MR) is 194 cm³/mol. The van der Waals surface area contributed by atoms with Crippen molar-refractivity contribution in [2.24, 2.45) is 0 Å². The van der Waals surface area contributed by atoms with Gasteiger partial charge in [0.2, 0.25) is 5.79 Å². The molecule has 6 heterocycles. The van der Waals surface area contributed by atoms with Gasteiger partial charge in [0.15, 0.2) is 0 Å². The Labute approximate surface area is 297 Å². The molecule has 4 aliphatic rings. The van der Waals surface area contributed by atoms with Crippen molar-refractivity contribution in [3.63, 3.8) is 0 Å². The van der Waals surface area contributed by atoms with Crippen molar-refractivity contribution < 1.29 is 33.6 Å². The summed E-state index contributed by atoms with van der Waals surface area (Å²) in [5, 5.41) is 11.4. The number of nitrogens with zero attached hydrogens (tertiary/aromatic N) is 2. The molecule has 268 valence electrons. The van der Waals surface area contributed by atoms with Crippen molar-refractivity contribution in [3.05, 3.63) is 81.4 Å². The molecular weight excluding hydrogens is 648 g/mol. The van der Waals surface area contributed by atoms with Crippen LogP contribution in [0.1, 0.15) is 114 Å². The van der Waals surface area contributed by atoms with E-state index in [1.807, 2.05) is 26.0 Å². The third-order valence-corrected chi connectivity index (χ3v) is 11.2. The van der Waals surface area contributed by atoms with Gasteiger partial charge >= 0.3 is 11.9 Å². The minimum atomic E-state index is -1.43. The fraction of sp³-hybridized carbons (Fsp3) is 0.450. The summed E-state index contributed by atoms with van der Waals surface area (Å²) in [5.74, 6) is -3.69. The quantitative estimate of drug-likeness (QED) is 0.169. The van der Waals surface area contributed by atoms with E-state index in [1.165, 1.54) is 14.2 Å². The summed E-state index contributed by atoms with van der Waals surface area (Å²) in [6, 6.07) is 6.13. The Kier molecular flexibility index (Phi) is 9.02. The Hall–Kier alpha value is -4.58. The van der Waals surface area contributed by atoms with Gasteiger partial charge < -0.3 is 34.0 Å². The molecule has 0 aromatic carbocycles. The van der Waals surface area contributed by atoms with E-state index in [0.29, 0.717) is 48.6 Å². The van der Waals surface area contributed by atoms with Crippen LogP contribution in [0, 0.1) is 13.8 Å². The fourth-order valence-corrected chi connectivity index (χ4v) is 8.60. The van der Waals surface area contributed by atoms with Crippen molar-refractivity contribution in [1.82, 2.24) is 19.9 Å². The van der Waals surface area contributed by atoms with Gasteiger partial charge in [-0.05, 0) is 80.5 Å². The van der Waals surface area contributed by atoms with Crippen LogP contribution in [0.3, 0.4) is 0 Å². The number of H-pyrrole nitrogens is 2. The van der Waals surface area contributed by atoms with Crippen LogP contribution in [0.5, 0.6) is 0 Å². The minimum absolute atomic E-state index is 0.157. The number of allylic oxidation sites excluding steroid dienone is 1. The summed E-state index contributed by atoms with van der Waals surface area (Å²) >= 11 is 0. The molecule has 0 radical (unpaired) electrons. The first-order chi connectivity index (χ1) is 24.5. The molecule has 1 saturated heterocycles. The van der Waals surface area contributed by atoms with E-state index < -0.39 is 23.8 Å². The molecule has 11 heteroatoms. The molecule has 3 N–H and O–H groups in total. The second kappa shape index (κ2) is 13.2. The maximum atomic E-state index is 13.9. The van der Waals surface area contributed by atoms with Crippen molar-refractivity contribution in [2.75, 3.05) is 27.4 Å². The third kappa shape index (κ3) is 5.36. The minimum Gasteiger partial charge on any atom is -0.469 e. The van der Waals surface area contributed by atoms with E-state index in [-0.39, 0.29) is 24.2 Å². The highest BCUT2D eigenvalue weighted by Gasteiger charge is 2.62. The summed E-state index contributed by atoms with van der Waals surface area (Å²) in [4.78, 5) is 44.3. The van der Waals surface area contributed by atoms with Gasteiger partial charge in [-0.3, -0.25) is 14.6 Å². The SMILES string of the molecule is C=CCC(O)c1c(C)c2cc3nc(c4c5nc(cc6[nH]c(cc1[nH]2)c(C)c6CC)C(C)=C5C1(OCCO1)[C@@H]4C(=O)OC)[C@@H](CCC(=O)OC)[C@@H]3C. The van der Waals surface area contributed by atoms with E-state index in [1.54, 1.807) is 6.08 Å². The van der Waals surface area contributed by atoms with Gasteiger partial charge in [-0.2, -0.15) is 0 Å². The van der Waals surface area contributed by atoms with Crippen LogP contribution < -0.4 is 0 Å². The molecule has 3 aromatic heterocycles. The number of carbonyl (C=O) groups excluding carboxylic acids is 2. The van der Waals surface area contributed by atoms with E-state index >= 15 is 0 Å². The van der Waals surface area contributed by atoms with Crippen LogP contribution in [0.2, 0.25) is 0 Å². The average molecular weight is 695 g/mol. The molecule has 1 unspecified atom stereocenters. The monoisotopic (exact) mass is 694 g/mol. The summed E-state index contributed by atoms with van der Waals surface area (Å²) in [5.41, 5.74) is 12.2. The molecular formula is C40H46N4O7. The first-order valence-corrected chi connectivity index (χ1v) is 17.7. The van der Waals surface area contributed by atoms with Crippen LogP contribution >= 0.6 is 0 Å². The Balaban J connectivity index is 1.66. The lowest BCUT2D eigenvalue weighted by Gasteiger charge is -2.30. The van der Waals surface area contributed by atoms with Gasteiger partial charge in [0.05, 0.1) is 50.6 Å². The van der Waals surface area contributed by atoms with Crippen LogP contribution in [0.25, 0.3) is 33.2 Å². The number of hydrogen-bond donors (Lipinski definition) is 3. The summed E-state index contributed by atoms with van der Waals surface area (Å²) in [6.07, 6.45) is 2.71. The standard InChI is InChI=1S/C40H46N4O7/c1-9-11-31(45)33-21(5)27-16-26-20(4)24(12-13-32(46)48-7)37(43-26)34-36(39(47)49-8)40(50-14-15-51-40)35-22(6)28(44-38(34)35)17-29-23(10-2)19(3)25(41-29)18-30(33)42-27/h9,16-18,20,24,31,36,41-42,45H,1,10-15H2,2-8H3/t20-,24-,31?,36-/m0/s1. The van der Waals surface area contributed by atoms with Crippen LogP contribution in [-0.2, 0) is 35.0 Å². The van der Waals surface area contributed by atoms with E-state index in [2.05, 4.69) is 43.4 Å². The number of aromatic amines is 2. The number of rotatable bonds is 8. The van der Waals surface area contributed by atoms with Gasteiger partial charge in [0.25, 0.3) is 0 Å². The van der Waals surface area contributed by atoms with Gasteiger partial charge in [-0.1, -0.05) is 19.9 Å². The Morgan fingerprint density at radius 3 is 2.41 bits per heavy atom. The average Bonchev–Trinajstić information content (AvgIpc) is 3.94. The number of aliphatic hydroxyl groups excluding tert-OH is 1. The number of aliphatic hydroxyl groups is 1. The van der Waals surface area contributed by atoms with Crippen LogP contribution in [0.15, 0.2) is 30.9 Å². The molecule has 7 rings (SSSR count). The third-order valence-electron chi connectivity index (χ3n) is 11.2. The lowest BCUT2D eigenvalue weighted by molar-refractivity contribution is -0.165. The van der Waals surface area contributed by atoms with E-state index in [0.717, 1.165) is 67.7 Å². The van der Waals surface area contributed by atoms with E-state index in [9.17, 15) is 14.7 Å². The number of methoxy groups -OCH3 is 2. The number of ether oxygens (including phenoxy) is 4. The Morgan fingerprint density at radius 2 is 1.75 bits per heavy atom. The molecule has 0 amide bonds. The highest BCUT2D eigenvalue weighted by molar-refractivity contribution is 6.03. The zero-order valence-corrected chi connectivity index (χ0v) is 30.4. The summed E-state index contributed by atoms with van der Waals surface area (Å²) in [7, 11) is 2.74. The molecule has 3 aliphatic heterocycles. The second-order valence-electron chi connectivity index (χ2n) is 13.9. The van der Waals surface area contributed by atoms with Crippen molar-refractivity contribution in [2.45, 2.75) is 89.9 Å². The highest BCUT2D eigenvalue weighted by atomic mass is 16.7. The number of fused-ring (bicyclic) bond motifs is 9. The van der Waals surface area contributed by atoms with Crippen molar-refractivity contribution >= 4 is 45.2 Å². The zero-order chi connectivity index (χ0) is 36.4. The smallest absolute Gasteiger partial charge is 0.319 e. The predicted octanol–water partition coefficient (Wildman–Crippen LogP) is 6.89. The molecule has 0 saturated carbocycles. The lowest BCUT2D eigenvalue weighted by Crippen LogP contribution is -2.39. The molecule has 1 spiro atoms. The fourth-order valence-electron chi connectivity index (χ4n) is 8.60. The van der Waals surface area contributed by atoms with Gasteiger partial charge in [-0.15, -0.1) is 6.58 Å². The van der Waals surface area contributed by atoms with Crippen LogP contribution in [-0.4, -0.2) is 70.2 Å². The molecule has 3 aromatic rings. The normalized spacial score (nSPS) is 21.0. The topological polar surface area (TPSA) is 149 Å². The Bertz CT molecular complexity index is 2150. The highest BCUT2D eigenvalue weighted by Crippen LogP contribution is 2.59. The zero-order valence-electron chi connectivity index (χ0n) is 30.4. The number of aromatic nitrogens is 4. The number of aryl methyl sites for hydroxylation is 3. The van der Waals surface area contributed by atoms with Crippen molar-refractivity contribution in [1.29, 1.82) is 0 Å². The van der Waals surface area contributed by atoms with Crippen LogP contribution in [0.4, 0.5) is 0 Å². The molecule has 11 nitrogen and oxygen atoms in total. The van der Waals surface area contributed by atoms with Gasteiger partial charge in [0, 0.05) is 62.7 Å². The first kappa shape index (κ1) is 34.9. The summed E-state index contributed by atoms with van der Waals surface area (Å²) < 4.78 is 23.4. The number of esters is 2. The molecule has 51 heavy (non-hydrogen) atoms. The number of nitrogens with one attached hydrogen (secondary N) is 2. The van der Waals surface area contributed by atoms with Gasteiger partial charge in [0.1, 0.15) is 5.92 Å².